The molecule has 0 aliphatic carbocycles. The predicted octanol–water partition coefficient (Wildman–Crippen LogP) is -2.16. The zero-order chi connectivity index (χ0) is 11.7. The number of carbonyl (C=O) groups excluding carboxylic acids is 1. The number of rotatable bonds is 2. The fourth-order valence-corrected chi connectivity index (χ4v) is 2.03. The molecule has 0 aromatic rings. The molecule has 2 fully saturated rings. The predicted molar refractivity (Wildman–Crippen MR) is 52.5 cm³/mol. The summed E-state index contributed by atoms with van der Waals surface area (Å²) >= 11 is 0. The van der Waals surface area contributed by atoms with Gasteiger partial charge in [-0.15, -0.1) is 0 Å². The zero-order valence-corrected chi connectivity index (χ0v) is 8.74. The van der Waals surface area contributed by atoms with Crippen molar-refractivity contribution in [3.63, 3.8) is 0 Å². The van der Waals surface area contributed by atoms with Crippen LogP contribution in [0.5, 0.6) is 0 Å². The van der Waals surface area contributed by atoms with Gasteiger partial charge in [-0.3, -0.25) is 4.90 Å². The molecule has 0 spiro atoms. The second-order valence-electron chi connectivity index (χ2n) is 4.01. The maximum atomic E-state index is 11.5. The minimum Gasteiger partial charge on any atom is -0.394 e. The average Bonchev–Trinajstić information content (AvgIpc) is 2.57. The lowest BCUT2D eigenvalue weighted by molar-refractivity contribution is -0.0818. The van der Waals surface area contributed by atoms with Crippen molar-refractivity contribution in [2.75, 3.05) is 19.7 Å². The molecule has 4 N–H and O–H groups in total. The lowest BCUT2D eigenvalue weighted by Gasteiger charge is -2.33. The van der Waals surface area contributed by atoms with Gasteiger partial charge >= 0.3 is 6.03 Å². The average molecular weight is 232 g/mol. The Balaban J connectivity index is 2.06. The van der Waals surface area contributed by atoms with E-state index in [1.807, 2.05) is 0 Å². The van der Waals surface area contributed by atoms with Crippen LogP contribution in [0.1, 0.15) is 6.42 Å². The molecule has 0 aromatic carbocycles. The van der Waals surface area contributed by atoms with Gasteiger partial charge in [-0.2, -0.15) is 0 Å². The summed E-state index contributed by atoms with van der Waals surface area (Å²) in [4.78, 5) is 12.8. The van der Waals surface area contributed by atoms with Gasteiger partial charge in [-0.25, -0.2) is 4.79 Å². The van der Waals surface area contributed by atoms with Crippen molar-refractivity contribution in [1.82, 2.24) is 10.2 Å². The van der Waals surface area contributed by atoms with E-state index in [-0.39, 0.29) is 12.6 Å². The molecule has 16 heavy (non-hydrogen) atoms. The first-order chi connectivity index (χ1) is 7.65. The summed E-state index contributed by atoms with van der Waals surface area (Å²) in [5.74, 6) is 0. The number of aliphatic hydroxyl groups excluding tert-OH is 3. The molecule has 0 unspecified atom stereocenters. The van der Waals surface area contributed by atoms with Crippen LogP contribution >= 0.6 is 0 Å². The number of ether oxygens (including phenoxy) is 1. The molecular formula is C9H16N2O5. The molecule has 2 saturated heterocycles. The van der Waals surface area contributed by atoms with Crippen LogP contribution in [0.2, 0.25) is 0 Å². The highest BCUT2D eigenvalue weighted by molar-refractivity contribution is 5.75. The Kier molecular flexibility index (Phi) is 3.29. The van der Waals surface area contributed by atoms with Crippen molar-refractivity contribution >= 4 is 6.03 Å². The summed E-state index contributed by atoms with van der Waals surface area (Å²) in [7, 11) is 0. The van der Waals surface area contributed by atoms with Crippen LogP contribution in [0.4, 0.5) is 4.79 Å². The molecule has 2 aliphatic heterocycles. The molecule has 2 heterocycles. The minimum absolute atomic E-state index is 0.318. The van der Waals surface area contributed by atoms with Gasteiger partial charge < -0.3 is 25.4 Å². The molecule has 4 atom stereocenters. The summed E-state index contributed by atoms with van der Waals surface area (Å²) in [6.45, 7) is 0.687. The molecule has 0 saturated carbocycles. The SMILES string of the molecule is O=C1NCCCN1[C@H]1O[C@@H](CO)[C@@H](O)[C@@H]1O. The lowest BCUT2D eigenvalue weighted by atomic mass is 10.1. The molecular weight excluding hydrogens is 216 g/mol. The van der Waals surface area contributed by atoms with Crippen LogP contribution < -0.4 is 5.32 Å². The summed E-state index contributed by atoms with van der Waals surface area (Å²) < 4.78 is 5.26. The number of carbonyl (C=O) groups is 1. The third kappa shape index (κ3) is 1.86. The Labute approximate surface area is 92.6 Å². The van der Waals surface area contributed by atoms with E-state index in [4.69, 9.17) is 9.84 Å². The Morgan fingerprint density at radius 2 is 2.19 bits per heavy atom. The third-order valence-corrected chi connectivity index (χ3v) is 2.94. The van der Waals surface area contributed by atoms with Crippen molar-refractivity contribution < 1.29 is 24.9 Å². The van der Waals surface area contributed by atoms with E-state index in [1.165, 1.54) is 4.90 Å². The van der Waals surface area contributed by atoms with E-state index in [0.29, 0.717) is 13.1 Å². The van der Waals surface area contributed by atoms with E-state index in [2.05, 4.69) is 5.32 Å². The number of aliphatic hydroxyl groups is 3. The highest BCUT2D eigenvalue weighted by Gasteiger charge is 2.46. The Bertz CT molecular complexity index is 275. The summed E-state index contributed by atoms with van der Waals surface area (Å²) in [6, 6.07) is -0.318. The highest BCUT2D eigenvalue weighted by atomic mass is 16.6. The van der Waals surface area contributed by atoms with E-state index in [0.717, 1.165) is 6.42 Å². The van der Waals surface area contributed by atoms with Gasteiger partial charge in [0, 0.05) is 13.1 Å². The first-order valence-corrected chi connectivity index (χ1v) is 5.32. The van der Waals surface area contributed by atoms with Gasteiger partial charge in [0.1, 0.15) is 18.3 Å². The van der Waals surface area contributed by atoms with Crippen molar-refractivity contribution in [2.24, 2.45) is 0 Å². The zero-order valence-electron chi connectivity index (χ0n) is 8.74. The lowest BCUT2D eigenvalue weighted by Crippen LogP contribution is -2.54. The van der Waals surface area contributed by atoms with Gasteiger partial charge in [0.2, 0.25) is 0 Å². The first-order valence-electron chi connectivity index (χ1n) is 5.32. The second kappa shape index (κ2) is 4.54. The summed E-state index contributed by atoms with van der Waals surface area (Å²) in [5.41, 5.74) is 0. The highest BCUT2D eigenvalue weighted by Crippen LogP contribution is 2.24. The Hall–Kier alpha value is -0.890. The van der Waals surface area contributed by atoms with Crippen molar-refractivity contribution in [3.05, 3.63) is 0 Å². The van der Waals surface area contributed by atoms with E-state index < -0.39 is 24.5 Å². The van der Waals surface area contributed by atoms with E-state index >= 15 is 0 Å². The van der Waals surface area contributed by atoms with Gasteiger partial charge in [-0.05, 0) is 6.42 Å². The van der Waals surface area contributed by atoms with Gasteiger partial charge in [0.15, 0.2) is 6.23 Å². The maximum Gasteiger partial charge on any atom is 0.319 e. The normalized spacial score (nSPS) is 39.9. The van der Waals surface area contributed by atoms with Crippen LogP contribution in [0.15, 0.2) is 0 Å². The molecule has 7 nitrogen and oxygen atoms in total. The molecule has 2 rings (SSSR count). The van der Waals surface area contributed by atoms with Crippen LogP contribution in [0, 0.1) is 0 Å². The standard InChI is InChI=1S/C9H16N2O5/c12-4-5-6(13)7(14)8(16-5)11-3-1-2-10-9(11)15/h5-8,12-14H,1-4H2,(H,10,15)/t5-,6+,7-,8-/m0/s1. The van der Waals surface area contributed by atoms with Gasteiger partial charge in [0.25, 0.3) is 0 Å². The fourth-order valence-electron chi connectivity index (χ4n) is 2.03. The number of hydrogen-bond acceptors (Lipinski definition) is 5. The molecule has 0 radical (unpaired) electrons. The van der Waals surface area contributed by atoms with Crippen molar-refractivity contribution in [3.8, 4) is 0 Å². The van der Waals surface area contributed by atoms with Crippen LogP contribution in [0.25, 0.3) is 0 Å². The van der Waals surface area contributed by atoms with E-state index in [9.17, 15) is 15.0 Å². The third-order valence-electron chi connectivity index (χ3n) is 2.94. The number of nitrogens with one attached hydrogen (secondary N) is 1. The Morgan fingerprint density at radius 3 is 2.75 bits per heavy atom. The molecule has 7 heteroatoms. The minimum atomic E-state index is -1.18. The second-order valence-corrected chi connectivity index (χ2v) is 4.01. The molecule has 0 aromatic heterocycles. The molecule has 2 aliphatic rings. The number of hydrogen-bond donors (Lipinski definition) is 4. The maximum absolute atomic E-state index is 11.5. The van der Waals surface area contributed by atoms with Crippen molar-refractivity contribution in [2.45, 2.75) is 31.0 Å². The monoisotopic (exact) mass is 232 g/mol. The quantitative estimate of drug-likeness (QED) is 0.434. The largest absolute Gasteiger partial charge is 0.394 e. The summed E-state index contributed by atoms with van der Waals surface area (Å²) in [6.07, 6.45) is -3.30. The molecule has 0 bridgehead atoms. The number of nitrogens with zero attached hydrogens (tertiary/aromatic N) is 1. The number of urea groups is 1. The van der Waals surface area contributed by atoms with Crippen LogP contribution in [0.3, 0.4) is 0 Å². The Morgan fingerprint density at radius 1 is 1.44 bits per heavy atom. The van der Waals surface area contributed by atoms with E-state index in [1.54, 1.807) is 0 Å². The topological polar surface area (TPSA) is 102 Å². The van der Waals surface area contributed by atoms with Gasteiger partial charge in [0.05, 0.1) is 6.61 Å². The van der Waals surface area contributed by atoms with Crippen molar-refractivity contribution in [1.29, 1.82) is 0 Å². The molecule has 2 amide bonds. The summed E-state index contributed by atoms with van der Waals surface area (Å²) in [5, 5.41) is 30.8. The first kappa shape index (κ1) is 11.6. The van der Waals surface area contributed by atoms with Crippen LogP contribution in [-0.4, -0.2) is 70.5 Å². The molecule has 92 valence electrons. The van der Waals surface area contributed by atoms with Crippen LogP contribution in [-0.2, 0) is 4.74 Å². The number of amides is 2. The van der Waals surface area contributed by atoms with Gasteiger partial charge in [-0.1, -0.05) is 0 Å². The fraction of sp³-hybridized carbons (Fsp3) is 0.889. The smallest absolute Gasteiger partial charge is 0.319 e.